The molecule has 114 valence electrons. The van der Waals surface area contributed by atoms with Crippen molar-refractivity contribution in [2.75, 3.05) is 13.2 Å². The first-order chi connectivity index (χ1) is 10.1. The molecule has 0 aliphatic heterocycles. The summed E-state index contributed by atoms with van der Waals surface area (Å²) in [4.78, 5) is 25.0. The van der Waals surface area contributed by atoms with Crippen LogP contribution in [0, 0.1) is 0 Å². The van der Waals surface area contributed by atoms with Gasteiger partial charge in [0.05, 0.1) is 0 Å². The SMILES string of the molecule is CCN(C(=O)c1cccc(OCC(=O)O)c1)C1CCCC1. The molecule has 21 heavy (non-hydrogen) atoms. The highest BCUT2D eigenvalue weighted by atomic mass is 16.5. The minimum absolute atomic E-state index is 0.00910. The van der Waals surface area contributed by atoms with E-state index in [0.29, 0.717) is 23.9 Å². The van der Waals surface area contributed by atoms with E-state index in [1.165, 1.54) is 12.8 Å². The highest BCUT2D eigenvalue weighted by Gasteiger charge is 2.26. The van der Waals surface area contributed by atoms with Gasteiger partial charge in [-0.3, -0.25) is 4.79 Å². The van der Waals surface area contributed by atoms with Crippen molar-refractivity contribution in [3.63, 3.8) is 0 Å². The largest absolute Gasteiger partial charge is 0.482 e. The zero-order chi connectivity index (χ0) is 15.2. The molecule has 0 atom stereocenters. The Labute approximate surface area is 124 Å². The van der Waals surface area contributed by atoms with Crippen molar-refractivity contribution in [2.45, 2.75) is 38.6 Å². The fourth-order valence-corrected chi connectivity index (χ4v) is 2.81. The van der Waals surface area contributed by atoms with Crippen LogP contribution in [0.3, 0.4) is 0 Å². The second-order valence-electron chi connectivity index (χ2n) is 5.24. The van der Waals surface area contributed by atoms with Gasteiger partial charge < -0.3 is 14.7 Å². The quantitative estimate of drug-likeness (QED) is 0.874. The lowest BCUT2D eigenvalue weighted by Crippen LogP contribution is -2.38. The first-order valence-corrected chi connectivity index (χ1v) is 7.37. The summed E-state index contributed by atoms with van der Waals surface area (Å²) in [5.74, 6) is -0.635. The fraction of sp³-hybridized carbons (Fsp3) is 0.500. The van der Waals surface area contributed by atoms with Crippen molar-refractivity contribution in [1.82, 2.24) is 4.90 Å². The summed E-state index contributed by atoms with van der Waals surface area (Å²) >= 11 is 0. The zero-order valence-electron chi connectivity index (χ0n) is 12.2. The highest BCUT2D eigenvalue weighted by molar-refractivity contribution is 5.94. The molecule has 1 aromatic rings. The van der Waals surface area contributed by atoms with Gasteiger partial charge in [0.25, 0.3) is 5.91 Å². The van der Waals surface area contributed by atoms with Gasteiger partial charge in [0.2, 0.25) is 0 Å². The molecule has 5 nitrogen and oxygen atoms in total. The molecule has 1 N–H and O–H groups in total. The molecule has 0 spiro atoms. The number of hydrogen-bond acceptors (Lipinski definition) is 3. The predicted octanol–water partition coefficient (Wildman–Crippen LogP) is 2.55. The molecule has 0 unspecified atom stereocenters. The molecule has 2 rings (SSSR count). The third-order valence-electron chi connectivity index (χ3n) is 3.81. The standard InChI is InChI=1S/C16H21NO4/c1-2-17(13-7-3-4-8-13)16(20)12-6-5-9-14(10-12)21-11-15(18)19/h5-6,9-10,13H,2-4,7-8,11H2,1H3,(H,18,19). The van der Waals surface area contributed by atoms with E-state index < -0.39 is 12.6 Å². The Morgan fingerprint density at radius 1 is 1.33 bits per heavy atom. The molecular weight excluding hydrogens is 270 g/mol. The van der Waals surface area contributed by atoms with Crippen LogP contribution in [-0.4, -0.2) is 41.1 Å². The molecule has 0 aromatic heterocycles. The lowest BCUT2D eigenvalue weighted by molar-refractivity contribution is -0.139. The summed E-state index contributed by atoms with van der Waals surface area (Å²) in [7, 11) is 0. The maximum atomic E-state index is 12.6. The minimum Gasteiger partial charge on any atom is -0.482 e. The van der Waals surface area contributed by atoms with E-state index in [0.717, 1.165) is 12.8 Å². The van der Waals surface area contributed by atoms with E-state index in [4.69, 9.17) is 9.84 Å². The zero-order valence-corrected chi connectivity index (χ0v) is 12.2. The summed E-state index contributed by atoms with van der Waals surface area (Å²) in [6, 6.07) is 7.06. The van der Waals surface area contributed by atoms with Crippen LogP contribution in [0.15, 0.2) is 24.3 Å². The number of nitrogens with zero attached hydrogens (tertiary/aromatic N) is 1. The van der Waals surface area contributed by atoms with Gasteiger partial charge >= 0.3 is 5.97 Å². The number of ether oxygens (including phenoxy) is 1. The van der Waals surface area contributed by atoms with Crippen molar-refractivity contribution in [1.29, 1.82) is 0 Å². The van der Waals surface area contributed by atoms with Gasteiger partial charge in [-0.25, -0.2) is 4.79 Å². The number of hydrogen-bond donors (Lipinski definition) is 1. The monoisotopic (exact) mass is 291 g/mol. The summed E-state index contributed by atoms with van der Waals surface area (Å²) in [5.41, 5.74) is 0.548. The predicted molar refractivity (Wildman–Crippen MR) is 78.5 cm³/mol. The van der Waals surface area contributed by atoms with Gasteiger partial charge in [0, 0.05) is 18.2 Å². The Morgan fingerprint density at radius 2 is 2.05 bits per heavy atom. The molecule has 0 saturated heterocycles. The third-order valence-corrected chi connectivity index (χ3v) is 3.81. The van der Waals surface area contributed by atoms with Crippen LogP contribution >= 0.6 is 0 Å². The van der Waals surface area contributed by atoms with E-state index in [9.17, 15) is 9.59 Å². The normalized spacial score (nSPS) is 14.9. The molecule has 1 amide bonds. The molecule has 1 aromatic carbocycles. The summed E-state index contributed by atoms with van der Waals surface area (Å²) < 4.78 is 5.13. The van der Waals surface area contributed by atoms with E-state index in [2.05, 4.69) is 0 Å². The van der Waals surface area contributed by atoms with Crippen LogP contribution in [0.1, 0.15) is 43.0 Å². The van der Waals surface area contributed by atoms with Crippen molar-refractivity contribution >= 4 is 11.9 Å². The number of carboxylic acid groups (broad SMARTS) is 1. The van der Waals surface area contributed by atoms with Gasteiger partial charge in [-0.2, -0.15) is 0 Å². The lowest BCUT2D eigenvalue weighted by atomic mass is 10.1. The Kier molecular flexibility index (Phi) is 5.20. The van der Waals surface area contributed by atoms with Crippen molar-refractivity contribution in [2.24, 2.45) is 0 Å². The van der Waals surface area contributed by atoms with Gasteiger partial charge in [-0.15, -0.1) is 0 Å². The molecule has 0 heterocycles. The lowest BCUT2D eigenvalue weighted by Gasteiger charge is -2.27. The van der Waals surface area contributed by atoms with Gasteiger partial charge in [-0.1, -0.05) is 18.9 Å². The van der Waals surface area contributed by atoms with Crippen LogP contribution in [0.25, 0.3) is 0 Å². The number of benzene rings is 1. The van der Waals surface area contributed by atoms with Crippen molar-refractivity contribution in [3.8, 4) is 5.75 Å². The molecular formula is C16H21NO4. The smallest absolute Gasteiger partial charge is 0.341 e. The summed E-state index contributed by atoms with van der Waals surface area (Å²) in [6.07, 6.45) is 4.48. The van der Waals surface area contributed by atoms with Crippen molar-refractivity contribution in [3.05, 3.63) is 29.8 Å². The Hall–Kier alpha value is -2.04. The van der Waals surface area contributed by atoms with Crippen LogP contribution in [0.5, 0.6) is 5.75 Å². The molecule has 0 bridgehead atoms. The number of carbonyl (C=O) groups excluding carboxylic acids is 1. The van der Waals surface area contributed by atoms with E-state index >= 15 is 0 Å². The average Bonchev–Trinajstić information content (AvgIpc) is 3.00. The van der Waals surface area contributed by atoms with Crippen LogP contribution in [0.4, 0.5) is 0 Å². The number of carbonyl (C=O) groups is 2. The second-order valence-corrected chi connectivity index (χ2v) is 5.24. The van der Waals surface area contributed by atoms with E-state index in [1.54, 1.807) is 24.3 Å². The maximum absolute atomic E-state index is 12.6. The summed E-state index contributed by atoms with van der Waals surface area (Å²) in [6.45, 7) is 2.27. The first kappa shape index (κ1) is 15.4. The topological polar surface area (TPSA) is 66.8 Å². The minimum atomic E-state index is -1.03. The van der Waals surface area contributed by atoms with E-state index in [1.807, 2.05) is 11.8 Å². The fourth-order valence-electron chi connectivity index (χ4n) is 2.81. The summed E-state index contributed by atoms with van der Waals surface area (Å²) in [5, 5.41) is 8.62. The number of carboxylic acids is 1. The van der Waals surface area contributed by atoms with Gasteiger partial charge in [0.15, 0.2) is 6.61 Å². The molecule has 5 heteroatoms. The highest BCUT2D eigenvalue weighted by Crippen LogP contribution is 2.25. The average molecular weight is 291 g/mol. The van der Waals surface area contributed by atoms with Gasteiger partial charge in [0.1, 0.15) is 5.75 Å². The van der Waals surface area contributed by atoms with E-state index in [-0.39, 0.29) is 5.91 Å². The number of rotatable bonds is 6. The number of aliphatic carboxylic acids is 1. The van der Waals surface area contributed by atoms with Crippen LogP contribution in [0.2, 0.25) is 0 Å². The molecule has 1 aliphatic carbocycles. The second kappa shape index (κ2) is 7.11. The Balaban J connectivity index is 2.10. The van der Waals surface area contributed by atoms with Crippen LogP contribution < -0.4 is 4.74 Å². The molecule has 1 fully saturated rings. The Bertz CT molecular complexity index is 509. The third kappa shape index (κ3) is 3.97. The van der Waals surface area contributed by atoms with Crippen LogP contribution in [-0.2, 0) is 4.79 Å². The van der Waals surface area contributed by atoms with Crippen molar-refractivity contribution < 1.29 is 19.4 Å². The molecule has 0 radical (unpaired) electrons. The first-order valence-electron chi connectivity index (χ1n) is 7.37. The molecule has 1 aliphatic rings. The van der Waals surface area contributed by atoms with Gasteiger partial charge in [-0.05, 0) is 38.0 Å². The Morgan fingerprint density at radius 3 is 2.67 bits per heavy atom. The maximum Gasteiger partial charge on any atom is 0.341 e. The molecule has 1 saturated carbocycles. The number of amides is 1.